The highest BCUT2D eigenvalue weighted by Gasteiger charge is 2.31. The summed E-state index contributed by atoms with van der Waals surface area (Å²) < 4.78 is 42.6. The third-order valence-electron chi connectivity index (χ3n) is 4.00. The number of alkyl halides is 3. The lowest BCUT2D eigenvalue weighted by atomic mass is 10.1. The van der Waals surface area contributed by atoms with Crippen LogP contribution in [0, 0.1) is 13.8 Å². The van der Waals surface area contributed by atoms with Crippen molar-refractivity contribution in [3.05, 3.63) is 47.3 Å². The van der Waals surface area contributed by atoms with Gasteiger partial charge in [0.15, 0.2) is 0 Å². The maximum absolute atomic E-state index is 12.3. The van der Waals surface area contributed by atoms with Crippen molar-refractivity contribution < 1.29 is 17.9 Å². The second kappa shape index (κ2) is 6.27. The molecular weight excluding hydrogens is 333 g/mol. The van der Waals surface area contributed by atoms with Crippen LogP contribution in [0.25, 0.3) is 5.70 Å². The number of allylic oxidation sites excluding steroid dienone is 1. The summed E-state index contributed by atoms with van der Waals surface area (Å²) in [6, 6.07) is 5.75. The highest BCUT2D eigenvalue weighted by atomic mass is 19.4. The summed E-state index contributed by atoms with van der Waals surface area (Å²) in [5, 5.41) is 4.43. The van der Waals surface area contributed by atoms with Crippen LogP contribution in [0.15, 0.2) is 35.3 Å². The molecule has 2 aromatic rings. The molecule has 2 heterocycles. The average Bonchev–Trinajstić information content (AvgIpc) is 2.79. The quantitative estimate of drug-likeness (QED) is 0.845. The SMILES string of the molecule is Cc1nn(C)c(C)c1C1=CC=NCN1c1ccc(OC(F)(F)F)cc1. The Morgan fingerprint density at radius 3 is 2.36 bits per heavy atom. The summed E-state index contributed by atoms with van der Waals surface area (Å²) in [6.07, 6.45) is -1.11. The lowest BCUT2D eigenvalue weighted by Crippen LogP contribution is -2.25. The molecule has 0 radical (unpaired) electrons. The van der Waals surface area contributed by atoms with Gasteiger partial charge in [0.2, 0.25) is 0 Å². The number of aliphatic imine (C=N–C) groups is 1. The van der Waals surface area contributed by atoms with Crippen LogP contribution in [0.3, 0.4) is 0 Å². The van der Waals surface area contributed by atoms with E-state index in [0.717, 1.165) is 28.3 Å². The fraction of sp³-hybridized carbons (Fsp3) is 0.294. The third kappa shape index (κ3) is 3.52. The number of hydrogen-bond acceptors (Lipinski definition) is 4. The molecule has 0 aliphatic carbocycles. The fourth-order valence-electron chi connectivity index (χ4n) is 2.83. The number of rotatable bonds is 3. The van der Waals surface area contributed by atoms with Crippen molar-refractivity contribution in [3.8, 4) is 5.75 Å². The van der Waals surface area contributed by atoms with Crippen LogP contribution in [0.4, 0.5) is 18.9 Å². The van der Waals surface area contributed by atoms with Gasteiger partial charge in [0.25, 0.3) is 0 Å². The van der Waals surface area contributed by atoms with Crippen LogP contribution in [-0.4, -0.2) is 29.0 Å². The molecule has 0 N–H and O–H groups in total. The van der Waals surface area contributed by atoms with Crippen LogP contribution in [0.2, 0.25) is 0 Å². The van der Waals surface area contributed by atoms with Gasteiger partial charge in [-0.3, -0.25) is 9.67 Å². The van der Waals surface area contributed by atoms with Gasteiger partial charge in [0.1, 0.15) is 12.4 Å². The maximum atomic E-state index is 12.3. The molecule has 1 aromatic carbocycles. The minimum Gasteiger partial charge on any atom is -0.406 e. The van der Waals surface area contributed by atoms with Gasteiger partial charge in [-0.05, 0) is 44.2 Å². The van der Waals surface area contributed by atoms with Gasteiger partial charge >= 0.3 is 6.36 Å². The number of nitrogens with zero attached hydrogens (tertiary/aromatic N) is 4. The van der Waals surface area contributed by atoms with E-state index in [2.05, 4.69) is 14.8 Å². The smallest absolute Gasteiger partial charge is 0.406 e. The van der Waals surface area contributed by atoms with Gasteiger partial charge in [0, 0.05) is 30.2 Å². The zero-order valence-electron chi connectivity index (χ0n) is 14.0. The highest BCUT2D eigenvalue weighted by molar-refractivity contribution is 5.93. The molecule has 5 nitrogen and oxygen atoms in total. The zero-order valence-corrected chi connectivity index (χ0v) is 14.0. The topological polar surface area (TPSA) is 42.7 Å². The standard InChI is InChI=1S/C17H17F3N4O/c1-11-16(12(2)23(3)22-11)15-8-9-21-10-24(15)13-4-6-14(7-5-13)25-17(18,19)20/h4-9H,10H2,1-3H3. The van der Waals surface area contributed by atoms with Crippen molar-refractivity contribution in [2.45, 2.75) is 20.2 Å². The van der Waals surface area contributed by atoms with E-state index in [-0.39, 0.29) is 5.75 Å². The second-order valence-electron chi connectivity index (χ2n) is 5.66. The minimum absolute atomic E-state index is 0.254. The van der Waals surface area contributed by atoms with E-state index < -0.39 is 6.36 Å². The van der Waals surface area contributed by atoms with E-state index in [4.69, 9.17) is 0 Å². The van der Waals surface area contributed by atoms with Gasteiger partial charge < -0.3 is 9.64 Å². The number of benzene rings is 1. The Morgan fingerprint density at radius 1 is 1.12 bits per heavy atom. The average molecular weight is 350 g/mol. The van der Waals surface area contributed by atoms with Gasteiger partial charge in [-0.1, -0.05) is 0 Å². The molecule has 1 aromatic heterocycles. The maximum Gasteiger partial charge on any atom is 0.573 e. The summed E-state index contributed by atoms with van der Waals surface area (Å²) >= 11 is 0. The van der Waals surface area contributed by atoms with Crippen molar-refractivity contribution in [1.82, 2.24) is 9.78 Å². The molecule has 0 bridgehead atoms. The van der Waals surface area contributed by atoms with Crippen molar-refractivity contribution in [2.75, 3.05) is 11.6 Å². The Morgan fingerprint density at radius 2 is 1.80 bits per heavy atom. The Labute approximate surface area is 143 Å². The molecule has 3 rings (SSSR count). The molecular formula is C17H17F3N4O. The number of hydrogen-bond donors (Lipinski definition) is 0. The molecule has 0 spiro atoms. The summed E-state index contributed by atoms with van der Waals surface area (Å²) in [5.41, 5.74) is 4.50. The summed E-state index contributed by atoms with van der Waals surface area (Å²) in [4.78, 5) is 6.17. The molecule has 25 heavy (non-hydrogen) atoms. The molecule has 0 amide bonds. The molecule has 0 fully saturated rings. The van der Waals surface area contributed by atoms with Crippen molar-refractivity contribution in [3.63, 3.8) is 0 Å². The lowest BCUT2D eigenvalue weighted by Gasteiger charge is -2.28. The Balaban J connectivity index is 1.93. The zero-order chi connectivity index (χ0) is 18.2. The first-order chi connectivity index (χ1) is 11.8. The Bertz CT molecular complexity index is 835. The molecule has 1 aliphatic heterocycles. The number of aromatic nitrogens is 2. The first-order valence-corrected chi connectivity index (χ1v) is 7.60. The molecule has 132 valence electrons. The largest absolute Gasteiger partial charge is 0.573 e. The molecule has 8 heteroatoms. The monoisotopic (exact) mass is 350 g/mol. The highest BCUT2D eigenvalue weighted by Crippen LogP contribution is 2.33. The number of ether oxygens (including phenoxy) is 1. The van der Waals surface area contributed by atoms with E-state index in [1.165, 1.54) is 12.1 Å². The van der Waals surface area contributed by atoms with E-state index in [1.54, 1.807) is 23.0 Å². The first kappa shape index (κ1) is 17.1. The van der Waals surface area contributed by atoms with Crippen LogP contribution < -0.4 is 9.64 Å². The van der Waals surface area contributed by atoms with Crippen LogP contribution >= 0.6 is 0 Å². The fourth-order valence-corrected chi connectivity index (χ4v) is 2.83. The number of aryl methyl sites for hydroxylation is 2. The van der Waals surface area contributed by atoms with Crippen molar-refractivity contribution in [2.24, 2.45) is 12.0 Å². The predicted octanol–water partition coefficient (Wildman–Crippen LogP) is 3.82. The van der Waals surface area contributed by atoms with Crippen LogP contribution in [-0.2, 0) is 7.05 Å². The van der Waals surface area contributed by atoms with E-state index in [1.807, 2.05) is 31.9 Å². The summed E-state index contributed by atoms with van der Waals surface area (Å²) in [6.45, 7) is 4.27. The number of anilines is 1. The van der Waals surface area contributed by atoms with Gasteiger partial charge in [-0.2, -0.15) is 5.10 Å². The molecule has 0 atom stereocenters. The van der Waals surface area contributed by atoms with Crippen molar-refractivity contribution in [1.29, 1.82) is 0 Å². The second-order valence-corrected chi connectivity index (χ2v) is 5.66. The van der Waals surface area contributed by atoms with Gasteiger partial charge in [-0.15, -0.1) is 13.2 Å². The van der Waals surface area contributed by atoms with Gasteiger partial charge in [0.05, 0.1) is 11.4 Å². The molecule has 1 aliphatic rings. The number of halogens is 3. The van der Waals surface area contributed by atoms with Crippen LogP contribution in [0.1, 0.15) is 17.0 Å². The van der Waals surface area contributed by atoms with E-state index >= 15 is 0 Å². The first-order valence-electron chi connectivity index (χ1n) is 7.60. The van der Waals surface area contributed by atoms with Gasteiger partial charge in [-0.25, -0.2) is 0 Å². The predicted molar refractivity (Wildman–Crippen MR) is 89.6 cm³/mol. The summed E-state index contributed by atoms with van der Waals surface area (Å²) in [5.74, 6) is -0.254. The summed E-state index contributed by atoms with van der Waals surface area (Å²) in [7, 11) is 1.87. The third-order valence-corrected chi connectivity index (χ3v) is 4.00. The Hall–Kier alpha value is -2.77. The molecule has 0 unspecified atom stereocenters. The lowest BCUT2D eigenvalue weighted by molar-refractivity contribution is -0.274. The molecule has 0 saturated carbocycles. The van der Waals surface area contributed by atoms with Crippen LogP contribution in [0.5, 0.6) is 5.75 Å². The van der Waals surface area contributed by atoms with E-state index in [9.17, 15) is 13.2 Å². The minimum atomic E-state index is -4.70. The normalized spacial score (nSPS) is 14.6. The van der Waals surface area contributed by atoms with E-state index in [0.29, 0.717) is 6.67 Å². The molecule has 0 saturated heterocycles. The van der Waals surface area contributed by atoms with Crippen molar-refractivity contribution >= 4 is 17.6 Å². The Kier molecular flexibility index (Phi) is 4.28.